The summed E-state index contributed by atoms with van der Waals surface area (Å²) in [6.45, 7) is 8.63. The van der Waals surface area contributed by atoms with Crippen LogP contribution < -0.4 is 0 Å². The molecule has 1 aromatic rings. The summed E-state index contributed by atoms with van der Waals surface area (Å²) in [6.07, 6.45) is -10.6. The van der Waals surface area contributed by atoms with Gasteiger partial charge >= 0.3 is 0 Å². The second kappa shape index (κ2) is 19.8. The quantitative estimate of drug-likeness (QED) is 0.144. The lowest BCUT2D eigenvalue weighted by molar-refractivity contribution is -0.356. The van der Waals surface area contributed by atoms with E-state index in [2.05, 4.69) is 13.0 Å². The molecule has 3 aliphatic carbocycles. The van der Waals surface area contributed by atoms with Crippen LogP contribution in [0.2, 0.25) is 0 Å². The van der Waals surface area contributed by atoms with Crippen molar-refractivity contribution < 1.29 is 92.3 Å². The monoisotopic (exact) mass is 926 g/mol. The van der Waals surface area contributed by atoms with Gasteiger partial charge in [-0.1, -0.05) is 18.6 Å². The second-order valence-electron chi connectivity index (χ2n) is 19.5. The molecule has 5 heterocycles. The fourth-order valence-electron chi connectivity index (χ4n) is 11.9. The van der Waals surface area contributed by atoms with Crippen LogP contribution in [0, 0.1) is 24.2 Å². The maximum Gasteiger partial charge on any atom is 0.187 e. The number of hydrogen-bond acceptors (Lipinski definition) is 19. The highest BCUT2D eigenvalue weighted by Crippen LogP contribution is 2.59. The first kappa shape index (κ1) is 49.4. The van der Waals surface area contributed by atoms with Crippen molar-refractivity contribution in [1.82, 2.24) is 0 Å². The number of allylic oxidation sites excluding steroid dienone is 1. The Kier molecular flexibility index (Phi) is 15.0. The minimum Gasteiger partial charge on any atom is -0.469 e. The number of ether oxygens (including phenoxy) is 10. The summed E-state index contributed by atoms with van der Waals surface area (Å²) in [4.78, 5) is 13.9. The summed E-state index contributed by atoms with van der Waals surface area (Å²) in [5, 5.41) is 75.2. The second-order valence-corrected chi connectivity index (χ2v) is 19.5. The van der Waals surface area contributed by atoms with Crippen molar-refractivity contribution in [1.29, 1.82) is 0 Å². The number of carbonyl (C=O) groups excluding carboxylic acids is 1. The minimum absolute atomic E-state index is 0.0269. The van der Waals surface area contributed by atoms with E-state index in [9.17, 15) is 40.5 Å². The van der Waals surface area contributed by atoms with E-state index in [-0.39, 0.29) is 30.5 Å². The van der Waals surface area contributed by atoms with Gasteiger partial charge in [0.25, 0.3) is 0 Å². The molecule has 4 aliphatic heterocycles. The molecule has 7 aliphatic rings. The third-order valence-electron chi connectivity index (χ3n) is 15.6. The Morgan fingerprint density at radius 2 is 1.35 bits per heavy atom. The molecule has 0 radical (unpaired) electrons. The Morgan fingerprint density at radius 3 is 1.95 bits per heavy atom. The van der Waals surface area contributed by atoms with Crippen molar-refractivity contribution in [2.45, 2.75) is 208 Å². The van der Waals surface area contributed by atoms with Gasteiger partial charge in [0.05, 0.1) is 61.7 Å². The molecule has 0 amide bonds. The van der Waals surface area contributed by atoms with Gasteiger partial charge in [-0.05, 0) is 77.2 Å². The number of ketones is 1. The number of aliphatic hydroxyl groups is 7. The summed E-state index contributed by atoms with van der Waals surface area (Å²) in [5.74, 6) is -0.0392. The largest absolute Gasteiger partial charge is 0.469 e. The van der Waals surface area contributed by atoms with E-state index in [1.807, 2.05) is 6.92 Å². The third kappa shape index (κ3) is 9.41. The zero-order chi connectivity index (χ0) is 46.7. The summed E-state index contributed by atoms with van der Waals surface area (Å²) in [5.41, 5.74) is -0.334. The minimum atomic E-state index is -1.60. The van der Waals surface area contributed by atoms with E-state index in [0.29, 0.717) is 49.8 Å². The highest BCUT2D eigenvalue weighted by molar-refractivity contribution is 5.92. The fraction of sp³-hybridized carbons (Fsp3) is 0.848. The molecule has 8 rings (SSSR count). The molecule has 0 aromatic carbocycles. The molecule has 0 unspecified atom stereocenters. The molecule has 2 saturated carbocycles. The number of methoxy groups -OCH3 is 2. The lowest BCUT2D eigenvalue weighted by Gasteiger charge is -2.55. The van der Waals surface area contributed by atoms with Crippen LogP contribution >= 0.6 is 0 Å². The summed E-state index contributed by atoms with van der Waals surface area (Å²) >= 11 is 0. The maximum atomic E-state index is 13.9. The molecule has 1 aromatic heterocycles. The number of Topliss-reactive ketones (excluding diaryl/α,β-unsaturated/α-hetero) is 1. The van der Waals surface area contributed by atoms with Crippen molar-refractivity contribution >= 4 is 5.78 Å². The van der Waals surface area contributed by atoms with Gasteiger partial charge < -0.3 is 87.5 Å². The first-order valence-corrected chi connectivity index (χ1v) is 23.2. The first-order chi connectivity index (χ1) is 30.9. The molecule has 19 heteroatoms. The lowest BCUT2D eigenvalue weighted by atomic mass is 9.51. The van der Waals surface area contributed by atoms with Crippen LogP contribution in [-0.4, -0.2) is 179 Å². The van der Waals surface area contributed by atoms with Crippen molar-refractivity contribution in [3.05, 3.63) is 35.3 Å². The summed E-state index contributed by atoms with van der Waals surface area (Å²) in [7, 11) is 3.07. The third-order valence-corrected chi connectivity index (χ3v) is 15.6. The highest BCUT2D eigenvalue weighted by Gasteiger charge is 2.59. The predicted octanol–water partition coefficient (Wildman–Crippen LogP) is 0.998. The standard InChI is InChI=1S/C46H70O19/c1-20-26(11-13-57-20)46(54)12-10-27-25(43(46)53)9-8-24-14-30(29(49)18-45(24,27)5)61-35-16-31(55-6)41(22(3)59-35)64-34-15-28(48)40(21(2)58-34)63-36-17-32(56-7)42(23(4)60-36)65-44-39(52)38(51)37(50)33(19-47)62-44/h8,11,13,21-23,25,27-42,44,47-52,54H,9-10,12,14-19H2,1-7H3/t21-,22-,23+,25-,27+,28+,29-,30-,31+,32-,33-,34+,35+,36+,37-,38+,39-,40-,41-,42+,44+,45+,46+/m1/s1. The van der Waals surface area contributed by atoms with Crippen LogP contribution in [0.25, 0.3) is 0 Å². The molecular formula is C46H70O19. The highest BCUT2D eigenvalue weighted by atomic mass is 16.8. The Bertz CT molecular complexity index is 1800. The number of carbonyl (C=O) groups is 1. The van der Waals surface area contributed by atoms with Crippen LogP contribution in [0.4, 0.5) is 0 Å². The molecule has 7 N–H and O–H groups in total. The van der Waals surface area contributed by atoms with E-state index >= 15 is 0 Å². The molecule has 0 spiro atoms. The molecule has 4 saturated heterocycles. The molecule has 368 valence electrons. The van der Waals surface area contributed by atoms with Crippen LogP contribution in [0.15, 0.2) is 28.4 Å². The number of aryl methyl sites for hydroxylation is 1. The summed E-state index contributed by atoms with van der Waals surface area (Å²) in [6, 6.07) is 1.69. The Hall–Kier alpha value is -1.99. The van der Waals surface area contributed by atoms with Gasteiger partial charge in [-0.2, -0.15) is 0 Å². The fourth-order valence-corrected chi connectivity index (χ4v) is 11.9. The van der Waals surface area contributed by atoms with Crippen molar-refractivity contribution in [2.24, 2.45) is 17.3 Å². The van der Waals surface area contributed by atoms with Gasteiger partial charge in [0.15, 0.2) is 36.5 Å². The maximum absolute atomic E-state index is 13.9. The van der Waals surface area contributed by atoms with Gasteiger partial charge in [-0.3, -0.25) is 4.79 Å². The van der Waals surface area contributed by atoms with Crippen LogP contribution in [0.5, 0.6) is 0 Å². The van der Waals surface area contributed by atoms with E-state index < -0.39 is 134 Å². The lowest BCUT2D eigenvalue weighted by Crippen LogP contribution is -2.62. The number of furan rings is 1. The Balaban J connectivity index is 0.828. The zero-order valence-electron chi connectivity index (χ0n) is 38.2. The molecule has 6 fully saturated rings. The number of hydrogen-bond donors (Lipinski definition) is 7. The number of aliphatic hydroxyl groups excluding tert-OH is 6. The van der Waals surface area contributed by atoms with Crippen molar-refractivity contribution in [3.63, 3.8) is 0 Å². The van der Waals surface area contributed by atoms with E-state index in [4.69, 9.17) is 51.8 Å². The van der Waals surface area contributed by atoms with Crippen LogP contribution in [-0.2, 0) is 57.8 Å². The van der Waals surface area contributed by atoms with E-state index in [1.54, 1.807) is 33.9 Å². The normalized spacial score (nSPS) is 49.5. The van der Waals surface area contributed by atoms with Crippen LogP contribution in [0.3, 0.4) is 0 Å². The smallest absolute Gasteiger partial charge is 0.187 e. The molecule has 19 nitrogen and oxygen atoms in total. The molecule has 65 heavy (non-hydrogen) atoms. The average molecular weight is 927 g/mol. The van der Waals surface area contributed by atoms with E-state index in [0.717, 1.165) is 5.57 Å². The van der Waals surface area contributed by atoms with Crippen LogP contribution in [0.1, 0.15) is 90.4 Å². The van der Waals surface area contributed by atoms with Crippen molar-refractivity contribution in [3.8, 4) is 0 Å². The summed E-state index contributed by atoms with van der Waals surface area (Å²) < 4.78 is 66.6. The van der Waals surface area contributed by atoms with Crippen molar-refractivity contribution in [2.75, 3.05) is 20.8 Å². The van der Waals surface area contributed by atoms with Gasteiger partial charge in [-0.25, -0.2) is 0 Å². The first-order valence-electron chi connectivity index (χ1n) is 23.2. The average Bonchev–Trinajstić information content (AvgIpc) is 3.71. The van der Waals surface area contributed by atoms with Gasteiger partial charge in [0.1, 0.15) is 48.5 Å². The van der Waals surface area contributed by atoms with Gasteiger partial charge in [0.2, 0.25) is 0 Å². The molecule has 0 bridgehead atoms. The Labute approximate surface area is 379 Å². The number of rotatable bonds is 12. The number of fused-ring (bicyclic) bond motifs is 3. The zero-order valence-corrected chi connectivity index (χ0v) is 38.2. The topological polar surface area (TPSA) is 264 Å². The molecular weight excluding hydrogens is 856 g/mol. The predicted molar refractivity (Wildman–Crippen MR) is 222 cm³/mol. The Morgan fingerprint density at radius 1 is 0.754 bits per heavy atom. The van der Waals surface area contributed by atoms with Gasteiger partial charge in [0, 0.05) is 45.0 Å². The van der Waals surface area contributed by atoms with Gasteiger partial charge in [-0.15, -0.1) is 0 Å². The van der Waals surface area contributed by atoms with E-state index in [1.165, 1.54) is 13.4 Å². The SMILES string of the molecule is CO[C@H]1C[C@H](O[C@@H]2CC3=CC[C@H]4C(=O)[C@@](O)(c5ccoc5C)CC[C@@H]4[C@@]3(C)C[C@H]2O)O[C@H](C)[C@H]1O[C@H]1C[C@H](O)[C@H](O[C@H]2C[C@@H](OC)[C@@H](O[C@@H]3O[C@H](CO)[C@@H](O)[C@H](O)[C@H]3O)[C@H](C)O2)[C@@H](C)O1. The molecule has 23 atom stereocenters.